The lowest BCUT2D eigenvalue weighted by Gasteiger charge is -2.13. The van der Waals surface area contributed by atoms with Crippen molar-refractivity contribution in [2.45, 2.75) is 13.3 Å². The summed E-state index contributed by atoms with van der Waals surface area (Å²) in [5.74, 6) is 0.645. The molecule has 1 aromatic carbocycles. The predicted octanol–water partition coefficient (Wildman–Crippen LogP) is 2.23. The van der Waals surface area contributed by atoms with Gasteiger partial charge in [0.05, 0.1) is 31.8 Å². The molecule has 1 saturated carbocycles. The quantitative estimate of drug-likeness (QED) is 0.468. The van der Waals surface area contributed by atoms with Crippen molar-refractivity contribution in [1.82, 2.24) is 5.01 Å². The number of carbonyl (C=O) groups excluding carboxylic acids is 2. The third kappa shape index (κ3) is 2.35. The molecule has 130 valence electrons. The summed E-state index contributed by atoms with van der Waals surface area (Å²) in [5, 5.41) is 5.24. The number of carbonyl (C=O) groups is 2. The van der Waals surface area contributed by atoms with E-state index >= 15 is 0 Å². The monoisotopic (exact) mass is 340 g/mol. The minimum Gasteiger partial charge on any atom is -0.493 e. The van der Waals surface area contributed by atoms with Crippen LogP contribution in [0.5, 0.6) is 11.5 Å². The second-order valence-corrected chi connectivity index (χ2v) is 6.54. The van der Waals surface area contributed by atoms with Gasteiger partial charge in [0.2, 0.25) is 0 Å². The van der Waals surface area contributed by atoms with Gasteiger partial charge < -0.3 is 9.47 Å². The number of fused-ring (bicyclic) bond motifs is 5. The largest absolute Gasteiger partial charge is 0.493 e. The first-order valence-electron chi connectivity index (χ1n) is 8.55. The van der Waals surface area contributed by atoms with Gasteiger partial charge in [-0.05, 0) is 37.3 Å². The standard InChI is InChI=1S/C19H20N2O4/c1-3-25-17-13(5-4-6-14(17)24-2)10-20-21-18(22)15-11-7-8-12(9-11)16(15)19(21)23/h4-8,10-12,15-16H,3,9H2,1-2H3/t11-,12-,15-,16+/m0/s1. The van der Waals surface area contributed by atoms with Gasteiger partial charge in [0.15, 0.2) is 11.5 Å². The minimum atomic E-state index is -0.240. The number of hydrogen-bond donors (Lipinski definition) is 0. The lowest BCUT2D eigenvalue weighted by Crippen LogP contribution is -2.28. The van der Waals surface area contributed by atoms with Crippen LogP contribution in [-0.4, -0.2) is 36.8 Å². The van der Waals surface area contributed by atoms with E-state index in [-0.39, 0.29) is 35.5 Å². The number of allylic oxidation sites excluding steroid dienone is 2. The molecular weight excluding hydrogens is 320 g/mol. The second-order valence-electron chi connectivity index (χ2n) is 6.54. The van der Waals surface area contributed by atoms with Gasteiger partial charge in [0, 0.05) is 5.56 Å². The van der Waals surface area contributed by atoms with Gasteiger partial charge in [-0.2, -0.15) is 10.1 Å². The average molecular weight is 340 g/mol. The Balaban J connectivity index is 1.61. The molecule has 0 radical (unpaired) electrons. The molecule has 1 heterocycles. The highest BCUT2D eigenvalue weighted by Gasteiger charge is 2.59. The molecule has 1 aromatic rings. The van der Waals surface area contributed by atoms with Crippen molar-refractivity contribution >= 4 is 18.0 Å². The van der Waals surface area contributed by atoms with E-state index in [0.717, 1.165) is 11.4 Å². The highest BCUT2D eigenvalue weighted by atomic mass is 16.5. The van der Waals surface area contributed by atoms with E-state index in [2.05, 4.69) is 17.3 Å². The molecule has 0 N–H and O–H groups in total. The molecule has 25 heavy (non-hydrogen) atoms. The van der Waals surface area contributed by atoms with Crippen LogP contribution in [0, 0.1) is 23.7 Å². The Bertz CT molecular complexity index is 756. The molecule has 4 rings (SSSR count). The first kappa shape index (κ1) is 15.9. The highest BCUT2D eigenvalue weighted by molar-refractivity contribution is 6.07. The van der Waals surface area contributed by atoms with Crippen LogP contribution in [0.15, 0.2) is 35.5 Å². The Morgan fingerprint density at radius 2 is 1.88 bits per heavy atom. The van der Waals surface area contributed by atoms with E-state index in [1.807, 2.05) is 19.1 Å². The molecule has 4 atom stereocenters. The Morgan fingerprint density at radius 1 is 1.20 bits per heavy atom. The molecule has 2 bridgehead atoms. The van der Waals surface area contributed by atoms with Crippen LogP contribution >= 0.6 is 0 Å². The Kier molecular flexibility index (Phi) is 3.82. The van der Waals surface area contributed by atoms with E-state index in [1.165, 1.54) is 6.21 Å². The van der Waals surface area contributed by atoms with Crippen LogP contribution < -0.4 is 9.47 Å². The van der Waals surface area contributed by atoms with Crippen molar-refractivity contribution in [3.8, 4) is 11.5 Å². The molecule has 1 saturated heterocycles. The molecule has 3 aliphatic rings. The molecule has 0 spiro atoms. The van der Waals surface area contributed by atoms with Crippen LogP contribution in [0.1, 0.15) is 18.9 Å². The molecule has 2 fully saturated rings. The summed E-state index contributed by atoms with van der Waals surface area (Å²) in [6.45, 7) is 2.35. The van der Waals surface area contributed by atoms with Crippen LogP contribution in [-0.2, 0) is 9.59 Å². The summed E-state index contributed by atoms with van der Waals surface area (Å²) in [4.78, 5) is 25.3. The van der Waals surface area contributed by atoms with Crippen molar-refractivity contribution in [2.75, 3.05) is 13.7 Å². The zero-order valence-corrected chi connectivity index (χ0v) is 14.2. The third-order valence-corrected chi connectivity index (χ3v) is 5.28. The van der Waals surface area contributed by atoms with E-state index < -0.39 is 0 Å². The fourth-order valence-electron chi connectivity index (χ4n) is 4.21. The van der Waals surface area contributed by atoms with Crippen LogP contribution in [0.25, 0.3) is 0 Å². The summed E-state index contributed by atoms with van der Waals surface area (Å²) in [7, 11) is 1.57. The maximum Gasteiger partial charge on any atom is 0.254 e. The number of imide groups is 1. The summed E-state index contributed by atoms with van der Waals surface area (Å²) in [6.07, 6.45) is 6.55. The number of para-hydroxylation sites is 1. The maximum absolute atomic E-state index is 12.6. The summed E-state index contributed by atoms with van der Waals surface area (Å²) < 4.78 is 10.9. The average Bonchev–Trinajstić information content (AvgIpc) is 3.29. The first-order chi connectivity index (χ1) is 12.2. The van der Waals surface area contributed by atoms with Gasteiger partial charge in [0.1, 0.15) is 0 Å². The Morgan fingerprint density at radius 3 is 2.48 bits per heavy atom. The summed E-state index contributed by atoms with van der Waals surface area (Å²) in [6, 6.07) is 5.42. The van der Waals surface area contributed by atoms with Gasteiger partial charge in [-0.15, -0.1) is 0 Å². The van der Waals surface area contributed by atoms with Gasteiger partial charge >= 0.3 is 0 Å². The maximum atomic E-state index is 12.6. The number of rotatable bonds is 5. The Hall–Kier alpha value is -2.63. The van der Waals surface area contributed by atoms with E-state index in [0.29, 0.717) is 23.7 Å². The van der Waals surface area contributed by atoms with Crippen molar-refractivity contribution < 1.29 is 19.1 Å². The topological polar surface area (TPSA) is 68.2 Å². The normalized spacial score (nSPS) is 29.8. The zero-order chi connectivity index (χ0) is 17.6. The van der Waals surface area contributed by atoms with Gasteiger partial charge in [-0.1, -0.05) is 18.2 Å². The second kappa shape index (κ2) is 6.02. The number of hydrogen-bond acceptors (Lipinski definition) is 5. The highest BCUT2D eigenvalue weighted by Crippen LogP contribution is 2.52. The lowest BCUT2D eigenvalue weighted by molar-refractivity contribution is -0.140. The minimum absolute atomic E-state index is 0.183. The number of methoxy groups -OCH3 is 1. The first-order valence-corrected chi connectivity index (χ1v) is 8.55. The summed E-state index contributed by atoms with van der Waals surface area (Å²) in [5.41, 5.74) is 0.667. The number of hydrazone groups is 1. The summed E-state index contributed by atoms with van der Waals surface area (Å²) >= 11 is 0. The van der Waals surface area contributed by atoms with Crippen molar-refractivity contribution in [1.29, 1.82) is 0 Å². The molecule has 2 amide bonds. The fourth-order valence-corrected chi connectivity index (χ4v) is 4.21. The van der Waals surface area contributed by atoms with E-state index in [1.54, 1.807) is 13.2 Å². The molecule has 6 nitrogen and oxygen atoms in total. The zero-order valence-electron chi connectivity index (χ0n) is 14.2. The van der Waals surface area contributed by atoms with Crippen molar-refractivity contribution in [3.05, 3.63) is 35.9 Å². The van der Waals surface area contributed by atoms with Gasteiger partial charge in [-0.25, -0.2) is 0 Å². The third-order valence-electron chi connectivity index (χ3n) is 5.28. The number of nitrogens with zero attached hydrogens (tertiary/aromatic N) is 2. The molecule has 1 aliphatic heterocycles. The van der Waals surface area contributed by atoms with Crippen LogP contribution in [0.3, 0.4) is 0 Å². The molecule has 2 aliphatic carbocycles. The Labute approximate surface area is 146 Å². The van der Waals surface area contributed by atoms with Crippen molar-refractivity contribution in [3.63, 3.8) is 0 Å². The smallest absolute Gasteiger partial charge is 0.254 e. The van der Waals surface area contributed by atoms with Gasteiger partial charge in [-0.3, -0.25) is 9.59 Å². The van der Waals surface area contributed by atoms with Crippen molar-refractivity contribution in [2.24, 2.45) is 28.8 Å². The number of amides is 2. The molecular formula is C19H20N2O4. The molecule has 0 unspecified atom stereocenters. The van der Waals surface area contributed by atoms with Gasteiger partial charge in [0.25, 0.3) is 11.8 Å². The van der Waals surface area contributed by atoms with Crippen LogP contribution in [0.2, 0.25) is 0 Å². The number of ether oxygens (including phenoxy) is 2. The van der Waals surface area contributed by atoms with E-state index in [4.69, 9.17) is 9.47 Å². The predicted molar refractivity (Wildman–Crippen MR) is 91.3 cm³/mol. The van der Waals surface area contributed by atoms with Crippen LogP contribution in [0.4, 0.5) is 0 Å². The lowest BCUT2D eigenvalue weighted by atomic mass is 9.85. The van der Waals surface area contributed by atoms with E-state index in [9.17, 15) is 9.59 Å². The SMILES string of the molecule is CCOc1c(C=NN2C(=O)[C@@H]3[C@H](C2=O)[C@H]2C=C[C@H]3C2)cccc1OC. The fraction of sp³-hybridized carbons (Fsp3) is 0.421. The number of benzene rings is 1. The molecule has 0 aromatic heterocycles. The molecule has 6 heteroatoms.